The number of nitrogens with zero attached hydrogens (tertiary/aromatic N) is 3. The zero-order valence-electron chi connectivity index (χ0n) is 12.2. The van der Waals surface area contributed by atoms with E-state index in [9.17, 15) is 0 Å². The fourth-order valence-electron chi connectivity index (χ4n) is 2.62. The summed E-state index contributed by atoms with van der Waals surface area (Å²) in [5.74, 6) is 1.66. The third-order valence-electron chi connectivity index (χ3n) is 3.72. The highest BCUT2D eigenvalue weighted by molar-refractivity contribution is 5.46. The van der Waals surface area contributed by atoms with E-state index >= 15 is 0 Å². The topological polar surface area (TPSA) is 53.1 Å². The molecule has 1 atom stereocenters. The summed E-state index contributed by atoms with van der Waals surface area (Å²) < 4.78 is 0. The second-order valence-electron chi connectivity index (χ2n) is 5.06. The molecular formula is C14H25N5. The monoisotopic (exact) mass is 263 g/mol. The molecule has 1 aromatic heterocycles. The molecule has 1 aliphatic rings. The van der Waals surface area contributed by atoms with Crippen molar-refractivity contribution in [1.29, 1.82) is 0 Å². The van der Waals surface area contributed by atoms with Gasteiger partial charge >= 0.3 is 0 Å². The van der Waals surface area contributed by atoms with Crippen LogP contribution in [0.1, 0.15) is 32.3 Å². The predicted molar refractivity (Wildman–Crippen MR) is 79.7 cm³/mol. The van der Waals surface area contributed by atoms with Crippen LogP contribution in [0.4, 0.5) is 11.8 Å². The summed E-state index contributed by atoms with van der Waals surface area (Å²) in [4.78, 5) is 11.3. The van der Waals surface area contributed by atoms with E-state index in [2.05, 4.69) is 32.4 Å². The first kappa shape index (κ1) is 14.1. The highest BCUT2D eigenvalue weighted by Gasteiger charge is 2.22. The molecule has 2 heterocycles. The lowest BCUT2D eigenvalue weighted by atomic mass is 10.2. The van der Waals surface area contributed by atoms with Crippen molar-refractivity contribution >= 4 is 11.8 Å². The fourth-order valence-corrected chi connectivity index (χ4v) is 2.62. The van der Waals surface area contributed by atoms with Crippen LogP contribution in [0.25, 0.3) is 0 Å². The molecule has 0 aromatic carbocycles. The third kappa shape index (κ3) is 3.56. The number of anilines is 2. The Kier molecular flexibility index (Phi) is 4.96. The van der Waals surface area contributed by atoms with Gasteiger partial charge in [0.15, 0.2) is 0 Å². The minimum Gasteiger partial charge on any atom is -0.368 e. The molecule has 0 amide bonds. The van der Waals surface area contributed by atoms with E-state index in [4.69, 9.17) is 0 Å². The van der Waals surface area contributed by atoms with Gasteiger partial charge in [0.1, 0.15) is 5.82 Å². The molecule has 0 aliphatic carbocycles. The van der Waals surface area contributed by atoms with Gasteiger partial charge in [-0.05, 0) is 39.8 Å². The van der Waals surface area contributed by atoms with E-state index < -0.39 is 0 Å². The SMILES string of the molecule is CCNc1ncc(C)c(NCC2CCCN2CC)n1. The third-order valence-corrected chi connectivity index (χ3v) is 3.72. The molecule has 2 rings (SSSR count). The molecule has 0 spiro atoms. The van der Waals surface area contributed by atoms with E-state index in [0.29, 0.717) is 12.0 Å². The number of aromatic nitrogens is 2. The molecule has 5 nitrogen and oxygen atoms in total. The Bertz CT molecular complexity index is 407. The summed E-state index contributed by atoms with van der Waals surface area (Å²) in [5.41, 5.74) is 1.10. The number of likely N-dealkylation sites (N-methyl/N-ethyl adjacent to an activating group) is 1. The maximum absolute atomic E-state index is 4.52. The molecule has 1 aromatic rings. The van der Waals surface area contributed by atoms with Crippen LogP contribution in [0.3, 0.4) is 0 Å². The van der Waals surface area contributed by atoms with Crippen molar-refractivity contribution in [2.45, 2.75) is 39.7 Å². The van der Waals surface area contributed by atoms with Crippen LogP contribution in [0.5, 0.6) is 0 Å². The first-order valence-corrected chi connectivity index (χ1v) is 7.30. The Balaban J connectivity index is 1.96. The number of nitrogens with one attached hydrogen (secondary N) is 2. The minimum absolute atomic E-state index is 0.641. The molecule has 0 saturated carbocycles. The summed E-state index contributed by atoms with van der Waals surface area (Å²) in [6, 6.07) is 0.641. The Morgan fingerprint density at radius 3 is 2.95 bits per heavy atom. The van der Waals surface area contributed by atoms with Gasteiger partial charge in [-0.3, -0.25) is 4.90 Å². The second kappa shape index (κ2) is 6.70. The lowest BCUT2D eigenvalue weighted by Gasteiger charge is -2.23. The van der Waals surface area contributed by atoms with E-state index in [1.807, 2.05) is 20.0 Å². The molecule has 0 bridgehead atoms. The summed E-state index contributed by atoms with van der Waals surface area (Å²) >= 11 is 0. The maximum Gasteiger partial charge on any atom is 0.224 e. The lowest BCUT2D eigenvalue weighted by molar-refractivity contribution is 0.277. The Hall–Kier alpha value is -1.36. The Morgan fingerprint density at radius 1 is 1.37 bits per heavy atom. The van der Waals surface area contributed by atoms with Crippen molar-refractivity contribution < 1.29 is 0 Å². The summed E-state index contributed by atoms with van der Waals surface area (Å²) in [6.07, 6.45) is 4.47. The molecule has 19 heavy (non-hydrogen) atoms. The lowest BCUT2D eigenvalue weighted by Crippen LogP contribution is -2.34. The van der Waals surface area contributed by atoms with Crippen molar-refractivity contribution in [2.24, 2.45) is 0 Å². The van der Waals surface area contributed by atoms with Gasteiger partial charge in [0.2, 0.25) is 5.95 Å². The van der Waals surface area contributed by atoms with Crippen molar-refractivity contribution in [3.05, 3.63) is 11.8 Å². The Morgan fingerprint density at radius 2 is 2.21 bits per heavy atom. The molecule has 106 valence electrons. The number of hydrogen-bond donors (Lipinski definition) is 2. The van der Waals surface area contributed by atoms with Crippen LogP contribution in [0.2, 0.25) is 0 Å². The average molecular weight is 263 g/mol. The fraction of sp³-hybridized carbons (Fsp3) is 0.714. The number of aryl methyl sites for hydroxylation is 1. The summed E-state index contributed by atoms with van der Waals surface area (Å²) in [7, 11) is 0. The first-order chi connectivity index (χ1) is 9.24. The van der Waals surface area contributed by atoms with Gasteiger partial charge in [-0.1, -0.05) is 6.92 Å². The zero-order chi connectivity index (χ0) is 13.7. The normalized spacial score (nSPS) is 19.6. The number of hydrogen-bond acceptors (Lipinski definition) is 5. The van der Waals surface area contributed by atoms with Crippen LogP contribution >= 0.6 is 0 Å². The van der Waals surface area contributed by atoms with E-state index in [-0.39, 0.29) is 0 Å². The molecule has 1 aliphatic heterocycles. The van der Waals surface area contributed by atoms with Gasteiger partial charge in [0.05, 0.1) is 0 Å². The van der Waals surface area contributed by atoms with E-state index in [1.165, 1.54) is 19.4 Å². The molecule has 5 heteroatoms. The van der Waals surface area contributed by atoms with Gasteiger partial charge in [-0.25, -0.2) is 4.98 Å². The van der Waals surface area contributed by atoms with E-state index in [0.717, 1.165) is 31.0 Å². The van der Waals surface area contributed by atoms with Crippen LogP contribution in [0.15, 0.2) is 6.20 Å². The number of rotatable bonds is 6. The average Bonchev–Trinajstić information content (AvgIpc) is 2.87. The second-order valence-corrected chi connectivity index (χ2v) is 5.06. The summed E-state index contributed by atoms with van der Waals surface area (Å²) in [5, 5.41) is 6.64. The molecule has 1 saturated heterocycles. The Labute approximate surface area is 115 Å². The highest BCUT2D eigenvalue weighted by Crippen LogP contribution is 2.18. The largest absolute Gasteiger partial charge is 0.368 e. The summed E-state index contributed by atoms with van der Waals surface area (Å²) in [6.45, 7) is 10.5. The predicted octanol–water partition coefficient (Wildman–Crippen LogP) is 2.11. The molecule has 0 radical (unpaired) electrons. The van der Waals surface area contributed by atoms with Gasteiger partial charge in [0.25, 0.3) is 0 Å². The minimum atomic E-state index is 0.641. The van der Waals surface area contributed by atoms with Gasteiger partial charge < -0.3 is 10.6 Å². The van der Waals surface area contributed by atoms with Crippen molar-refractivity contribution in [3.63, 3.8) is 0 Å². The molecular weight excluding hydrogens is 238 g/mol. The van der Waals surface area contributed by atoms with Gasteiger partial charge in [-0.15, -0.1) is 0 Å². The highest BCUT2D eigenvalue weighted by atomic mass is 15.2. The number of likely N-dealkylation sites (tertiary alicyclic amines) is 1. The molecule has 1 fully saturated rings. The maximum atomic E-state index is 4.52. The van der Waals surface area contributed by atoms with Crippen LogP contribution < -0.4 is 10.6 Å². The molecule has 1 unspecified atom stereocenters. The van der Waals surface area contributed by atoms with Crippen molar-refractivity contribution in [3.8, 4) is 0 Å². The molecule has 2 N–H and O–H groups in total. The van der Waals surface area contributed by atoms with Crippen molar-refractivity contribution in [2.75, 3.05) is 36.8 Å². The van der Waals surface area contributed by atoms with Crippen molar-refractivity contribution in [1.82, 2.24) is 14.9 Å². The van der Waals surface area contributed by atoms with Crippen LogP contribution in [0, 0.1) is 6.92 Å². The smallest absolute Gasteiger partial charge is 0.224 e. The zero-order valence-corrected chi connectivity index (χ0v) is 12.2. The van der Waals surface area contributed by atoms with E-state index in [1.54, 1.807) is 0 Å². The van der Waals surface area contributed by atoms with Gasteiger partial charge in [-0.2, -0.15) is 4.98 Å². The quantitative estimate of drug-likeness (QED) is 0.823. The van der Waals surface area contributed by atoms with Gasteiger partial charge in [0, 0.05) is 30.9 Å². The standard InChI is InChI=1S/C14H25N5/c1-4-15-14-17-9-11(3)13(18-14)16-10-12-7-6-8-19(12)5-2/h9,12H,4-8,10H2,1-3H3,(H2,15,16,17,18). The van der Waals surface area contributed by atoms with Crippen LogP contribution in [-0.2, 0) is 0 Å². The first-order valence-electron chi connectivity index (χ1n) is 7.30. The van der Waals surface area contributed by atoms with Crippen LogP contribution in [-0.4, -0.2) is 47.1 Å².